The highest BCUT2D eigenvalue weighted by atomic mass is 16.6. The molecule has 0 saturated carbocycles. The van der Waals surface area contributed by atoms with Gasteiger partial charge in [0.25, 0.3) is 0 Å². The van der Waals surface area contributed by atoms with Gasteiger partial charge in [-0.25, -0.2) is 0 Å². The Labute approximate surface area is 426 Å². The Hall–Kier alpha value is -3.41. The molecule has 0 N–H and O–H groups in total. The predicted octanol–water partition coefficient (Wildman–Crippen LogP) is 19.5. The standard InChI is InChI=1S/C63H108O6/c1-4-7-10-13-16-19-22-25-27-29-31-33-35-38-41-44-47-50-53-56-62(65)68-59-60(58-67-61(64)55-52-49-46-43-40-37-24-21-18-15-12-9-6-3)69-63(66)57-54-51-48-45-42-39-36-34-32-30-28-26-23-20-17-14-11-8-5-2/h7,10,16-17,19-21,24-28,31,33,60H,4-6,8-9,11-15,18,22-23,29-30,32,34-59H2,1-3H3/b10-7-,19-16-,20-17-,24-21-,27-25-,28-26-,33-31-. The van der Waals surface area contributed by atoms with E-state index in [1.807, 2.05) is 0 Å². The van der Waals surface area contributed by atoms with Crippen LogP contribution >= 0.6 is 0 Å². The fourth-order valence-electron chi connectivity index (χ4n) is 7.99. The average molecular weight is 962 g/mol. The molecule has 0 saturated heterocycles. The molecule has 0 fully saturated rings. The fraction of sp³-hybridized carbons (Fsp3) is 0.730. The lowest BCUT2D eigenvalue weighted by atomic mass is 10.1. The van der Waals surface area contributed by atoms with Crippen LogP contribution in [0.25, 0.3) is 0 Å². The summed E-state index contributed by atoms with van der Waals surface area (Å²) in [5.41, 5.74) is 0. The molecule has 1 atom stereocenters. The molecule has 0 spiro atoms. The second kappa shape index (κ2) is 57.2. The number of carbonyl (C=O) groups is 3. The van der Waals surface area contributed by atoms with Gasteiger partial charge in [-0.1, -0.05) is 228 Å². The molecule has 69 heavy (non-hydrogen) atoms. The molecular formula is C63H108O6. The van der Waals surface area contributed by atoms with Crippen molar-refractivity contribution in [3.8, 4) is 0 Å². The van der Waals surface area contributed by atoms with E-state index in [0.717, 1.165) is 103 Å². The summed E-state index contributed by atoms with van der Waals surface area (Å²) in [5, 5.41) is 0. The summed E-state index contributed by atoms with van der Waals surface area (Å²) in [5.74, 6) is -0.907. The Morgan fingerprint density at radius 2 is 0.565 bits per heavy atom. The first-order valence-electron chi connectivity index (χ1n) is 29.1. The zero-order valence-corrected chi connectivity index (χ0v) is 45.3. The largest absolute Gasteiger partial charge is 0.462 e. The van der Waals surface area contributed by atoms with Crippen LogP contribution in [-0.4, -0.2) is 37.2 Å². The molecule has 6 heteroatoms. The van der Waals surface area contributed by atoms with Gasteiger partial charge < -0.3 is 14.2 Å². The van der Waals surface area contributed by atoms with E-state index in [4.69, 9.17) is 14.2 Å². The zero-order valence-electron chi connectivity index (χ0n) is 45.3. The van der Waals surface area contributed by atoms with Crippen LogP contribution in [0.2, 0.25) is 0 Å². The van der Waals surface area contributed by atoms with E-state index in [1.165, 1.54) is 135 Å². The SMILES string of the molecule is CC/C=C\C/C=C\C/C=C\C/C=C\CCCCCCCCC(=O)OCC(COC(=O)CCCCCCC/C=C\CCCCCC)OC(=O)CCCCCCCCCCC/C=C\C/C=C\CCCCC. The van der Waals surface area contributed by atoms with Crippen molar-refractivity contribution in [3.63, 3.8) is 0 Å². The average Bonchev–Trinajstić information content (AvgIpc) is 3.35. The summed E-state index contributed by atoms with van der Waals surface area (Å²) >= 11 is 0. The van der Waals surface area contributed by atoms with Gasteiger partial charge in [0.15, 0.2) is 6.10 Å². The molecule has 0 rings (SSSR count). The summed E-state index contributed by atoms with van der Waals surface area (Å²) in [4.78, 5) is 38.2. The van der Waals surface area contributed by atoms with Crippen molar-refractivity contribution in [1.82, 2.24) is 0 Å². The third kappa shape index (κ3) is 55.4. The molecule has 0 heterocycles. The van der Waals surface area contributed by atoms with E-state index in [0.29, 0.717) is 19.3 Å². The maximum absolute atomic E-state index is 12.9. The lowest BCUT2D eigenvalue weighted by Crippen LogP contribution is -2.30. The van der Waals surface area contributed by atoms with Crippen LogP contribution < -0.4 is 0 Å². The quantitative estimate of drug-likeness (QED) is 0.0262. The first kappa shape index (κ1) is 65.6. The summed E-state index contributed by atoms with van der Waals surface area (Å²) in [7, 11) is 0. The Morgan fingerprint density at radius 1 is 0.304 bits per heavy atom. The molecule has 396 valence electrons. The fourth-order valence-corrected chi connectivity index (χ4v) is 7.99. The van der Waals surface area contributed by atoms with E-state index in [2.05, 4.69) is 106 Å². The predicted molar refractivity (Wildman–Crippen MR) is 297 cm³/mol. The number of rotatable bonds is 52. The normalized spacial score (nSPS) is 12.7. The summed E-state index contributed by atoms with van der Waals surface area (Å²) in [6.07, 6.45) is 74.2. The van der Waals surface area contributed by atoms with E-state index < -0.39 is 6.10 Å². The van der Waals surface area contributed by atoms with Gasteiger partial charge in [-0.15, -0.1) is 0 Å². The van der Waals surface area contributed by atoms with Gasteiger partial charge in [-0.3, -0.25) is 14.4 Å². The maximum Gasteiger partial charge on any atom is 0.306 e. The molecule has 0 radical (unpaired) electrons. The monoisotopic (exact) mass is 961 g/mol. The van der Waals surface area contributed by atoms with Crippen molar-refractivity contribution >= 4 is 17.9 Å². The van der Waals surface area contributed by atoms with Gasteiger partial charge in [-0.2, -0.15) is 0 Å². The minimum absolute atomic E-state index is 0.0869. The van der Waals surface area contributed by atoms with Gasteiger partial charge in [0.2, 0.25) is 0 Å². The third-order valence-electron chi connectivity index (χ3n) is 12.4. The smallest absolute Gasteiger partial charge is 0.306 e. The summed E-state index contributed by atoms with van der Waals surface area (Å²) in [6.45, 7) is 6.48. The Balaban J connectivity index is 4.40. The molecular weight excluding hydrogens is 853 g/mol. The van der Waals surface area contributed by atoms with Crippen LogP contribution in [0.3, 0.4) is 0 Å². The van der Waals surface area contributed by atoms with Gasteiger partial charge >= 0.3 is 17.9 Å². The Morgan fingerprint density at radius 3 is 0.928 bits per heavy atom. The maximum atomic E-state index is 12.9. The molecule has 0 aromatic carbocycles. The molecule has 0 aliphatic heterocycles. The number of allylic oxidation sites excluding steroid dienone is 14. The van der Waals surface area contributed by atoms with Crippen LogP contribution in [0.5, 0.6) is 0 Å². The molecule has 0 aromatic rings. The van der Waals surface area contributed by atoms with Crippen LogP contribution in [0.4, 0.5) is 0 Å². The van der Waals surface area contributed by atoms with Gasteiger partial charge in [-0.05, 0) is 116 Å². The van der Waals surface area contributed by atoms with Crippen molar-refractivity contribution in [1.29, 1.82) is 0 Å². The molecule has 0 aliphatic carbocycles. The van der Waals surface area contributed by atoms with Gasteiger partial charge in [0, 0.05) is 19.3 Å². The highest BCUT2D eigenvalue weighted by Crippen LogP contribution is 2.15. The van der Waals surface area contributed by atoms with Crippen molar-refractivity contribution in [2.75, 3.05) is 13.2 Å². The Bertz CT molecular complexity index is 1330. The Kier molecular flexibility index (Phi) is 54.3. The molecule has 0 aliphatic rings. The lowest BCUT2D eigenvalue weighted by molar-refractivity contribution is -0.167. The molecule has 0 aromatic heterocycles. The number of carbonyl (C=O) groups excluding carboxylic acids is 3. The van der Waals surface area contributed by atoms with Crippen LogP contribution in [0.1, 0.15) is 278 Å². The van der Waals surface area contributed by atoms with Crippen molar-refractivity contribution in [2.24, 2.45) is 0 Å². The molecule has 6 nitrogen and oxygen atoms in total. The number of ether oxygens (including phenoxy) is 3. The highest BCUT2D eigenvalue weighted by molar-refractivity contribution is 5.71. The van der Waals surface area contributed by atoms with E-state index >= 15 is 0 Å². The lowest BCUT2D eigenvalue weighted by Gasteiger charge is -2.18. The summed E-state index contributed by atoms with van der Waals surface area (Å²) in [6, 6.07) is 0. The van der Waals surface area contributed by atoms with Crippen molar-refractivity contribution in [2.45, 2.75) is 284 Å². The minimum Gasteiger partial charge on any atom is -0.462 e. The summed E-state index contributed by atoms with van der Waals surface area (Å²) < 4.78 is 16.9. The van der Waals surface area contributed by atoms with Crippen LogP contribution in [0.15, 0.2) is 85.1 Å². The van der Waals surface area contributed by atoms with E-state index in [-0.39, 0.29) is 31.1 Å². The molecule has 0 bridgehead atoms. The first-order valence-corrected chi connectivity index (χ1v) is 29.1. The van der Waals surface area contributed by atoms with Crippen molar-refractivity contribution in [3.05, 3.63) is 85.1 Å². The van der Waals surface area contributed by atoms with E-state index in [1.54, 1.807) is 0 Å². The van der Waals surface area contributed by atoms with Gasteiger partial charge in [0.1, 0.15) is 13.2 Å². The van der Waals surface area contributed by atoms with E-state index in [9.17, 15) is 14.4 Å². The molecule has 1 unspecified atom stereocenters. The second-order valence-corrected chi connectivity index (χ2v) is 19.2. The zero-order chi connectivity index (χ0) is 50.0. The first-order chi connectivity index (χ1) is 34.0. The van der Waals surface area contributed by atoms with Gasteiger partial charge in [0.05, 0.1) is 0 Å². The number of hydrogen-bond donors (Lipinski definition) is 0. The topological polar surface area (TPSA) is 78.9 Å². The number of hydrogen-bond acceptors (Lipinski definition) is 6. The van der Waals surface area contributed by atoms with Crippen LogP contribution in [-0.2, 0) is 28.6 Å². The second-order valence-electron chi connectivity index (χ2n) is 19.2. The minimum atomic E-state index is -0.789. The highest BCUT2D eigenvalue weighted by Gasteiger charge is 2.19. The van der Waals surface area contributed by atoms with Crippen LogP contribution in [0, 0.1) is 0 Å². The number of esters is 3. The number of unbranched alkanes of at least 4 members (excludes halogenated alkanes) is 27. The third-order valence-corrected chi connectivity index (χ3v) is 12.4. The molecule has 0 amide bonds. The van der Waals surface area contributed by atoms with Crippen molar-refractivity contribution < 1.29 is 28.6 Å².